The van der Waals surface area contributed by atoms with Crippen LogP contribution in [-0.4, -0.2) is 13.7 Å². The van der Waals surface area contributed by atoms with Crippen LogP contribution in [0.15, 0.2) is 12.1 Å². The Morgan fingerprint density at radius 1 is 1.35 bits per heavy atom. The van der Waals surface area contributed by atoms with E-state index in [1.807, 2.05) is 0 Å². The van der Waals surface area contributed by atoms with Gasteiger partial charge in [-0.2, -0.15) is 0 Å². The minimum atomic E-state index is -0.652. The van der Waals surface area contributed by atoms with Gasteiger partial charge in [0, 0.05) is 11.6 Å². The summed E-state index contributed by atoms with van der Waals surface area (Å²) < 4.78 is 31.9. The third-order valence-electron chi connectivity index (χ3n) is 3.88. The van der Waals surface area contributed by atoms with Gasteiger partial charge in [0.05, 0.1) is 7.11 Å². The molecule has 0 saturated heterocycles. The number of hydrogen-bond acceptors (Lipinski definition) is 2. The van der Waals surface area contributed by atoms with Crippen LogP contribution in [0.25, 0.3) is 0 Å². The van der Waals surface area contributed by atoms with Gasteiger partial charge in [-0.3, -0.25) is 0 Å². The average Bonchev–Trinajstić information content (AvgIpc) is 2.79. The summed E-state index contributed by atoms with van der Waals surface area (Å²) in [6, 6.07) is 2.19. The van der Waals surface area contributed by atoms with Gasteiger partial charge in [0.1, 0.15) is 5.82 Å². The Morgan fingerprint density at radius 2 is 2.00 bits per heavy atom. The van der Waals surface area contributed by atoms with Crippen molar-refractivity contribution < 1.29 is 13.5 Å². The summed E-state index contributed by atoms with van der Waals surface area (Å²) in [7, 11) is 1.40. The lowest BCUT2D eigenvalue weighted by Gasteiger charge is -2.11. The molecule has 0 aliphatic heterocycles. The second-order valence-corrected chi connectivity index (χ2v) is 5.15. The van der Waals surface area contributed by atoms with Gasteiger partial charge in [-0.25, -0.2) is 8.78 Å². The molecule has 1 aliphatic carbocycles. The zero-order valence-electron chi connectivity index (χ0n) is 10.3. The molecule has 2 N–H and O–H groups in total. The number of rotatable bonds is 3. The van der Waals surface area contributed by atoms with Crippen molar-refractivity contribution in [3.05, 3.63) is 29.3 Å². The third kappa shape index (κ3) is 1.80. The fraction of sp³-hybridized carbons (Fsp3) is 0.538. The highest BCUT2D eigenvalue weighted by molar-refractivity contribution is 5.44. The minimum absolute atomic E-state index is 0.0255. The van der Waals surface area contributed by atoms with E-state index in [4.69, 9.17) is 10.5 Å². The standard InChI is InChI=1S/C13H17F2NO/c1-13(2)9(6-16)11(13)8-4-7(14)5-10(15)12(8)17-3/h4-5,9,11H,6,16H2,1-3H3/t9-,11-/m1/s1. The van der Waals surface area contributed by atoms with E-state index >= 15 is 0 Å². The Hall–Kier alpha value is -1.16. The molecule has 0 unspecified atom stereocenters. The largest absolute Gasteiger partial charge is 0.493 e. The van der Waals surface area contributed by atoms with E-state index in [9.17, 15) is 8.78 Å². The minimum Gasteiger partial charge on any atom is -0.493 e. The lowest BCUT2D eigenvalue weighted by atomic mass is 10.0. The van der Waals surface area contributed by atoms with Crippen molar-refractivity contribution in [3.8, 4) is 5.75 Å². The third-order valence-corrected chi connectivity index (χ3v) is 3.88. The molecule has 4 heteroatoms. The molecule has 1 aromatic rings. The molecule has 2 rings (SSSR count). The topological polar surface area (TPSA) is 35.2 Å². The molecule has 0 spiro atoms. The lowest BCUT2D eigenvalue weighted by molar-refractivity contribution is 0.377. The van der Waals surface area contributed by atoms with E-state index in [-0.39, 0.29) is 23.0 Å². The first-order valence-corrected chi connectivity index (χ1v) is 5.66. The van der Waals surface area contributed by atoms with Crippen LogP contribution in [0, 0.1) is 23.0 Å². The summed E-state index contributed by atoms with van der Waals surface area (Å²) in [5.41, 5.74) is 6.24. The molecule has 17 heavy (non-hydrogen) atoms. The predicted molar refractivity (Wildman–Crippen MR) is 62.0 cm³/mol. The molecule has 1 aromatic carbocycles. The van der Waals surface area contributed by atoms with E-state index in [1.165, 1.54) is 13.2 Å². The summed E-state index contributed by atoms with van der Waals surface area (Å²) in [6.07, 6.45) is 0. The first-order chi connectivity index (χ1) is 7.93. The summed E-state index contributed by atoms with van der Waals surface area (Å²) in [5.74, 6) is -0.775. The quantitative estimate of drug-likeness (QED) is 0.883. The molecule has 2 atom stereocenters. The molecule has 0 bridgehead atoms. The summed E-state index contributed by atoms with van der Waals surface area (Å²) in [5, 5.41) is 0. The van der Waals surface area contributed by atoms with Crippen LogP contribution in [0.5, 0.6) is 5.75 Å². The molecule has 1 aliphatic rings. The number of hydrogen-bond donors (Lipinski definition) is 1. The molecule has 1 saturated carbocycles. The van der Waals surface area contributed by atoms with Crippen molar-refractivity contribution in [1.82, 2.24) is 0 Å². The van der Waals surface area contributed by atoms with Crippen LogP contribution < -0.4 is 10.5 Å². The molecule has 1 fully saturated rings. The molecule has 0 aromatic heterocycles. The molecular weight excluding hydrogens is 224 g/mol. The Labute approximate surface area is 99.8 Å². The smallest absolute Gasteiger partial charge is 0.168 e. The van der Waals surface area contributed by atoms with Crippen molar-refractivity contribution in [2.75, 3.05) is 13.7 Å². The van der Waals surface area contributed by atoms with Crippen LogP contribution >= 0.6 is 0 Å². The first-order valence-electron chi connectivity index (χ1n) is 5.66. The Morgan fingerprint density at radius 3 is 2.47 bits per heavy atom. The van der Waals surface area contributed by atoms with Crippen molar-refractivity contribution in [1.29, 1.82) is 0 Å². The SMILES string of the molecule is COc1c(F)cc(F)cc1[C@@H]1[C@@H](CN)C1(C)C. The predicted octanol–water partition coefficient (Wildman–Crippen LogP) is 2.67. The van der Waals surface area contributed by atoms with Gasteiger partial charge in [0.15, 0.2) is 11.6 Å². The highest BCUT2D eigenvalue weighted by Gasteiger charge is 2.58. The first kappa shape index (κ1) is 12.3. The van der Waals surface area contributed by atoms with Gasteiger partial charge in [0.25, 0.3) is 0 Å². The Balaban J connectivity index is 2.46. The molecular formula is C13H17F2NO. The number of ether oxygens (including phenoxy) is 1. The molecule has 0 amide bonds. The van der Waals surface area contributed by atoms with Gasteiger partial charge < -0.3 is 10.5 Å². The summed E-state index contributed by atoms with van der Waals surface area (Å²) in [4.78, 5) is 0. The summed E-state index contributed by atoms with van der Waals surface area (Å²) in [6.45, 7) is 4.62. The average molecular weight is 241 g/mol. The fourth-order valence-corrected chi connectivity index (χ4v) is 2.83. The maximum Gasteiger partial charge on any atom is 0.168 e. The van der Waals surface area contributed by atoms with Crippen LogP contribution in [0.3, 0.4) is 0 Å². The van der Waals surface area contributed by atoms with Gasteiger partial charge >= 0.3 is 0 Å². The van der Waals surface area contributed by atoms with E-state index in [2.05, 4.69) is 13.8 Å². The molecule has 0 heterocycles. The normalized spacial score (nSPS) is 25.8. The van der Waals surface area contributed by atoms with Crippen LogP contribution in [0.4, 0.5) is 8.78 Å². The fourth-order valence-electron chi connectivity index (χ4n) is 2.83. The van der Waals surface area contributed by atoms with E-state index in [0.717, 1.165) is 6.07 Å². The zero-order valence-corrected chi connectivity index (χ0v) is 10.3. The van der Waals surface area contributed by atoms with Crippen molar-refractivity contribution in [2.24, 2.45) is 17.1 Å². The van der Waals surface area contributed by atoms with Crippen LogP contribution in [-0.2, 0) is 0 Å². The van der Waals surface area contributed by atoms with Gasteiger partial charge in [-0.15, -0.1) is 0 Å². The Bertz CT molecular complexity index is 445. The van der Waals surface area contributed by atoms with Crippen molar-refractivity contribution >= 4 is 0 Å². The van der Waals surface area contributed by atoms with E-state index < -0.39 is 11.6 Å². The zero-order chi connectivity index (χ0) is 12.8. The highest BCUT2D eigenvalue weighted by Crippen LogP contribution is 2.65. The number of halogens is 2. The maximum absolute atomic E-state index is 13.6. The summed E-state index contributed by atoms with van der Waals surface area (Å²) >= 11 is 0. The molecule has 2 nitrogen and oxygen atoms in total. The van der Waals surface area contributed by atoms with E-state index in [0.29, 0.717) is 12.1 Å². The number of nitrogens with two attached hydrogens (primary N) is 1. The van der Waals surface area contributed by atoms with Gasteiger partial charge in [0.2, 0.25) is 0 Å². The van der Waals surface area contributed by atoms with Gasteiger partial charge in [-0.05, 0) is 29.9 Å². The van der Waals surface area contributed by atoms with Crippen LogP contribution in [0.2, 0.25) is 0 Å². The number of methoxy groups -OCH3 is 1. The van der Waals surface area contributed by atoms with Gasteiger partial charge in [-0.1, -0.05) is 13.8 Å². The monoisotopic (exact) mass is 241 g/mol. The highest BCUT2D eigenvalue weighted by atomic mass is 19.1. The molecule has 0 radical (unpaired) electrons. The number of benzene rings is 1. The second kappa shape index (κ2) is 3.95. The van der Waals surface area contributed by atoms with Crippen molar-refractivity contribution in [3.63, 3.8) is 0 Å². The second-order valence-electron chi connectivity index (χ2n) is 5.15. The van der Waals surface area contributed by atoms with Crippen molar-refractivity contribution in [2.45, 2.75) is 19.8 Å². The Kier molecular flexibility index (Phi) is 2.86. The van der Waals surface area contributed by atoms with Crippen LogP contribution in [0.1, 0.15) is 25.3 Å². The van der Waals surface area contributed by atoms with E-state index in [1.54, 1.807) is 0 Å². The molecule has 94 valence electrons. The lowest BCUT2D eigenvalue weighted by Crippen LogP contribution is -2.05. The maximum atomic E-state index is 13.6.